The van der Waals surface area contributed by atoms with Gasteiger partial charge >= 0.3 is 0 Å². The zero-order valence-electron chi connectivity index (χ0n) is 11.1. The number of alkyl halides is 2. The van der Waals surface area contributed by atoms with E-state index in [9.17, 15) is 4.79 Å². The quantitative estimate of drug-likeness (QED) is 0.770. The lowest BCUT2D eigenvalue weighted by atomic mass is 10.1. The first-order chi connectivity index (χ1) is 9.54. The van der Waals surface area contributed by atoms with E-state index >= 15 is 0 Å². The van der Waals surface area contributed by atoms with Crippen molar-refractivity contribution in [2.45, 2.75) is 17.7 Å². The highest BCUT2D eigenvalue weighted by Gasteiger charge is 2.57. The van der Waals surface area contributed by atoms with Crippen molar-refractivity contribution in [3.05, 3.63) is 42.5 Å². The van der Waals surface area contributed by atoms with Crippen LogP contribution >= 0.6 is 23.2 Å². The number of halogens is 2. The highest BCUT2D eigenvalue weighted by Crippen LogP contribution is 2.54. The van der Waals surface area contributed by atoms with Gasteiger partial charge in [0.25, 0.3) is 0 Å². The van der Waals surface area contributed by atoms with Crippen LogP contribution in [0.4, 0.5) is 5.69 Å². The topological polar surface area (TPSA) is 20.3 Å². The summed E-state index contributed by atoms with van der Waals surface area (Å²) in [5, 5.41) is 2.19. The summed E-state index contributed by atoms with van der Waals surface area (Å²) in [6.45, 7) is 2.57. The molecule has 1 fully saturated rings. The Morgan fingerprint density at radius 1 is 1.25 bits per heavy atom. The maximum Gasteiger partial charge on any atom is 0.233 e. The van der Waals surface area contributed by atoms with Gasteiger partial charge in [-0.05, 0) is 24.8 Å². The molecule has 0 radical (unpaired) electrons. The third-order valence-electron chi connectivity index (χ3n) is 3.76. The summed E-state index contributed by atoms with van der Waals surface area (Å²) in [7, 11) is 0. The first kappa shape index (κ1) is 13.7. The maximum absolute atomic E-state index is 12.6. The number of anilines is 1. The molecule has 0 spiro atoms. The predicted octanol–water partition coefficient (Wildman–Crippen LogP) is 4.39. The Kier molecular flexibility index (Phi) is 3.39. The molecule has 0 aromatic heterocycles. The van der Waals surface area contributed by atoms with E-state index in [1.807, 2.05) is 49.4 Å². The molecule has 2 aromatic carbocycles. The van der Waals surface area contributed by atoms with E-state index < -0.39 is 4.33 Å². The fourth-order valence-electron chi connectivity index (χ4n) is 2.56. The fourth-order valence-corrected chi connectivity index (χ4v) is 3.05. The summed E-state index contributed by atoms with van der Waals surface area (Å²) in [5.74, 6) is -0.279. The zero-order chi connectivity index (χ0) is 14.3. The van der Waals surface area contributed by atoms with Crippen molar-refractivity contribution in [3.63, 3.8) is 0 Å². The van der Waals surface area contributed by atoms with Crippen molar-refractivity contribution in [3.8, 4) is 0 Å². The van der Waals surface area contributed by atoms with Crippen LogP contribution in [0.2, 0.25) is 0 Å². The van der Waals surface area contributed by atoms with Gasteiger partial charge in [-0.2, -0.15) is 0 Å². The van der Waals surface area contributed by atoms with E-state index in [1.54, 1.807) is 4.90 Å². The van der Waals surface area contributed by atoms with E-state index in [1.165, 1.54) is 0 Å². The largest absolute Gasteiger partial charge is 0.312 e. The first-order valence-corrected chi connectivity index (χ1v) is 7.47. The third kappa shape index (κ3) is 2.27. The first-order valence-electron chi connectivity index (χ1n) is 6.71. The molecule has 1 saturated carbocycles. The van der Waals surface area contributed by atoms with Crippen LogP contribution in [0, 0.1) is 5.92 Å². The van der Waals surface area contributed by atoms with Gasteiger partial charge < -0.3 is 4.90 Å². The van der Waals surface area contributed by atoms with Crippen LogP contribution in [0.15, 0.2) is 42.5 Å². The number of fused-ring (bicyclic) bond motifs is 1. The third-order valence-corrected chi connectivity index (χ3v) is 4.60. The van der Waals surface area contributed by atoms with Crippen LogP contribution in [-0.2, 0) is 4.79 Å². The molecule has 1 aliphatic rings. The van der Waals surface area contributed by atoms with Crippen molar-refractivity contribution in [1.82, 2.24) is 0 Å². The second-order valence-corrected chi connectivity index (χ2v) is 6.64. The monoisotopic (exact) mass is 307 g/mol. The normalized spacial score (nSPS) is 19.9. The molecule has 1 unspecified atom stereocenters. The van der Waals surface area contributed by atoms with Crippen LogP contribution in [0.5, 0.6) is 0 Å². The summed E-state index contributed by atoms with van der Waals surface area (Å²) in [5.41, 5.74) is 0.923. The van der Waals surface area contributed by atoms with Crippen molar-refractivity contribution < 1.29 is 4.79 Å². The van der Waals surface area contributed by atoms with Crippen LogP contribution in [0.3, 0.4) is 0 Å². The molecule has 0 aliphatic heterocycles. The van der Waals surface area contributed by atoms with Crippen molar-refractivity contribution >= 4 is 45.6 Å². The summed E-state index contributed by atoms with van der Waals surface area (Å²) in [4.78, 5) is 14.3. The number of carbonyl (C=O) groups excluding carboxylic acids is 1. The van der Waals surface area contributed by atoms with Gasteiger partial charge in [0.15, 0.2) is 0 Å². The Morgan fingerprint density at radius 3 is 2.55 bits per heavy atom. The van der Waals surface area contributed by atoms with Crippen molar-refractivity contribution in [1.29, 1.82) is 0 Å². The molecule has 1 aliphatic carbocycles. The molecule has 0 heterocycles. The summed E-state index contributed by atoms with van der Waals surface area (Å²) in [6.07, 6.45) is 0.538. The van der Waals surface area contributed by atoms with Gasteiger partial charge in [0.1, 0.15) is 4.33 Å². The SMILES string of the molecule is CCN(C(=O)C1CC1(Cl)Cl)c1cccc2ccccc12. The van der Waals surface area contributed by atoms with Crippen LogP contribution in [0.1, 0.15) is 13.3 Å². The van der Waals surface area contributed by atoms with Gasteiger partial charge in [-0.1, -0.05) is 36.4 Å². The molecular formula is C16H15Cl2NO. The highest BCUT2D eigenvalue weighted by molar-refractivity contribution is 6.52. The average Bonchev–Trinajstić information content (AvgIpc) is 3.09. The molecule has 2 aromatic rings. The van der Waals surface area contributed by atoms with E-state index in [0.29, 0.717) is 13.0 Å². The molecule has 1 amide bonds. The Balaban J connectivity index is 2.02. The standard InChI is InChI=1S/C16H15Cl2NO/c1-2-19(15(20)13-10-16(13,17)18)14-9-5-7-11-6-3-4-8-12(11)14/h3-9,13H,2,10H2,1H3. The molecule has 20 heavy (non-hydrogen) atoms. The lowest BCUT2D eigenvalue weighted by Crippen LogP contribution is -2.33. The minimum atomic E-state index is -0.880. The summed E-state index contributed by atoms with van der Waals surface area (Å²) < 4.78 is -0.880. The van der Waals surface area contributed by atoms with Crippen LogP contribution in [-0.4, -0.2) is 16.8 Å². The second kappa shape index (κ2) is 4.94. The molecule has 1 atom stereocenters. The number of hydrogen-bond donors (Lipinski definition) is 0. The van der Waals surface area contributed by atoms with Gasteiger partial charge in [-0.25, -0.2) is 0 Å². The molecular weight excluding hydrogens is 293 g/mol. The predicted molar refractivity (Wildman–Crippen MR) is 84.5 cm³/mol. The molecule has 2 nitrogen and oxygen atoms in total. The molecule has 0 saturated heterocycles. The maximum atomic E-state index is 12.6. The second-order valence-electron chi connectivity index (χ2n) is 5.10. The number of benzene rings is 2. The molecule has 3 rings (SSSR count). The van der Waals surface area contributed by atoms with Crippen molar-refractivity contribution in [2.24, 2.45) is 5.92 Å². The minimum absolute atomic E-state index is 0.00820. The van der Waals surface area contributed by atoms with Crippen LogP contribution < -0.4 is 4.90 Å². The molecule has 104 valence electrons. The molecule has 4 heteroatoms. The minimum Gasteiger partial charge on any atom is -0.312 e. The lowest BCUT2D eigenvalue weighted by Gasteiger charge is -2.23. The van der Waals surface area contributed by atoms with Gasteiger partial charge in [-0.15, -0.1) is 23.2 Å². The number of rotatable bonds is 3. The summed E-state index contributed by atoms with van der Waals surface area (Å²) >= 11 is 12.1. The summed E-state index contributed by atoms with van der Waals surface area (Å²) in [6, 6.07) is 14.0. The zero-order valence-corrected chi connectivity index (χ0v) is 12.7. The average molecular weight is 308 g/mol. The van der Waals surface area contributed by atoms with Gasteiger partial charge in [0, 0.05) is 11.9 Å². The number of carbonyl (C=O) groups is 1. The number of nitrogens with zero attached hydrogens (tertiary/aromatic N) is 1. The van der Waals surface area contributed by atoms with Gasteiger partial charge in [0.2, 0.25) is 5.91 Å². The highest BCUT2D eigenvalue weighted by atomic mass is 35.5. The smallest absolute Gasteiger partial charge is 0.233 e. The van der Waals surface area contributed by atoms with Crippen LogP contribution in [0.25, 0.3) is 10.8 Å². The number of hydrogen-bond acceptors (Lipinski definition) is 1. The Labute approximate surface area is 128 Å². The number of amides is 1. The molecule has 0 N–H and O–H groups in total. The lowest BCUT2D eigenvalue weighted by molar-refractivity contribution is -0.119. The van der Waals surface area contributed by atoms with E-state index in [0.717, 1.165) is 16.5 Å². The Bertz CT molecular complexity index is 663. The van der Waals surface area contributed by atoms with E-state index in [4.69, 9.17) is 23.2 Å². The van der Waals surface area contributed by atoms with Gasteiger partial charge in [-0.3, -0.25) is 4.79 Å². The fraction of sp³-hybridized carbons (Fsp3) is 0.312. The molecule has 0 bridgehead atoms. The van der Waals surface area contributed by atoms with Crippen molar-refractivity contribution in [2.75, 3.05) is 11.4 Å². The van der Waals surface area contributed by atoms with E-state index in [-0.39, 0.29) is 11.8 Å². The Morgan fingerprint density at radius 2 is 1.90 bits per heavy atom. The van der Waals surface area contributed by atoms with E-state index in [2.05, 4.69) is 0 Å². The Hall–Kier alpha value is -1.25. The van der Waals surface area contributed by atoms with Gasteiger partial charge in [0.05, 0.1) is 11.6 Å².